The van der Waals surface area contributed by atoms with Crippen LogP contribution in [0.2, 0.25) is 0 Å². The molecule has 0 fully saturated rings. The van der Waals surface area contributed by atoms with Gasteiger partial charge in [-0.3, -0.25) is 0 Å². The number of fused-ring (bicyclic) bond motifs is 1. The number of nitrogens with one attached hydrogen (secondary N) is 1. The van der Waals surface area contributed by atoms with Gasteiger partial charge in [0.1, 0.15) is 11.5 Å². The second-order valence-corrected chi connectivity index (χ2v) is 6.74. The topological polar surface area (TPSA) is 61.7 Å². The molecule has 0 spiro atoms. The molecule has 0 aliphatic heterocycles. The van der Waals surface area contributed by atoms with Crippen molar-refractivity contribution in [2.45, 2.75) is 32.3 Å². The summed E-state index contributed by atoms with van der Waals surface area (Å²) in [5, 5.41) is 23.4. The van der Waals surface area contributed by atoms with Crippen molar-refractivity contribution in [3.8, 4) is 11.5 Å². The van der Waals surface area contributed by atoms with E-state index in [1.807, 2.05) is 43.3 Å². The standard InChI is InChI=1S/C21H27NO3/c1-2-25-20-5-3-4-17(12-20)21(24)14-22-13-15-6-7-16-8-9-19(23)11-18(16)10-15/h3-5,8-9,11-12,15,21-24H,2,6-7,10,13-14H2,1H3. The molecule has 0 heterocycles. The summed E-state index contributed by atoms with van der Waals surface area (Å²) in [6, 6.07) is 13.3. The van der Waals surface area contributed by atoms with E-state index in [1.165, 1.54) is 11.1 Å². The molecule has 134 valence electrons. The zero-order valence-corrected chi connectivity index (χ0v) is 14.7. The van der Waals surface area contributed by atoms with Crippen molar-refractivity contribution < 1.29 is 14.9 Å². The van der Waals surface area contributed by atoms with Crippen molar-refractivity contribution >= 4 is 0 Å². The van der Waals surface area contributed by atoms with Gasteiger partial charge in [-0.1, -0.05) is 18.2 Å². The monoisotopic (exact) mass is 341 g/mol. The third-order valence-corrected chi connectivity index (χ3v) is 4.84. The number of aliphatic hydroxyl groups excluding tert-OH is 1. The average molecular weight is 341 g/mol. The highest BCUT2D eigenvalue weighted by molar-refractivity contribution is 5.36. The largest absolute Gasteiger partial charge is 0.508 e. The zero-order valence-electron chi connectivity index (χ0n) is 14.7. The number of phenols is 1. The summed E-state index contributed by atoms with van der Waals surface area (Å²) in [5.74, 6) is 1.68. The highest BCUT2D eigenvalue weighted by Crippen LogP contribution is 2.28. The van der Waals surface area contributed by atoms with E-state index in [2.05, 4.69) is 5.32 Å². The van der Waals surface area contributed by atoms with Crippen molar-refractivity contribution in [2.24, 2.45) is 5.92 Å². The molecule has 0 amide bonds. The van der Waals surface area contributed by atoms with Gasteiger partial charge in [-0.25, -0.2) is 0 Å². The molecule has 4 nitrogen and oxygen atoms in total. The van der Waals surface area contributed by atoms with Gasteiger partial charge in [0.25, 0.3) is 0 Å². The van der Waals surface area contributed by atoms with E-state index in [1.54, 1.807) is 6.07 Å². The lowest BCUT2D eigenvalue weighted by Crippen LogP contribution is -2.30. The van der Waals surface area contributed by atoms with Gasteiger partial charge in [-0.15, -0.1) is 0 Å². The van der Waals surface area contributed by atoms with Gasteiger partial charge in [0, 0.05) is 6.54 Å². The van der Waals surface area contributed by atoms with Crippen LogP contribution < -0.4 is 10.1 Å². The van der Waals surface area contributed by atoms with Crippen molar-refractivity contribution in [3.63, 3.8) is 0 Å². The molecular formula is C21H27NO3. The zero-order chi connectivity index (χ0) is 17.6. The van der Waals surface area contributed by atoms with Gasteiger partial charge in [-0.05, 0) is 79.6 Å². The number of aliphatic hydroxyl groups is 1. The molecule has 25 heavy (non-hydrogen) atoms. The first kappa shape index (κ1) is 17.8. The molecule has 2 atom stereocenters. The van der Waals surface area contributed by atoms with Gasteiger partial charge in [0.05, 0.1) is 12.7 Å². The van der Waals surface area contributed by atoms with E-state index in [4.69, 9.17) is 4.74 Å². The van der Waals surface area contributed by atoms with Crippen molar-refractivity contribution in [1.82, 2.24) is 5.32 Å². The van der Waals surface area contributed by atoms with Crippen LogP contribution in [0.25, 0.3) is 0 Å². The smallest absolute Gasteiger partial charge is 0.119 e. The minimum absolute atomic E-state index is 0.344. The molecule has 4 heteroatoms. The maximum Gasteiger partial charge on any atom is 0.119 e. The van der Waals surface area contributed by atoms with Crippen LogP contribution in [0.3, 0.4) is 0 Å². The number of hydrogen-bond acceptors (Lipinski definition) is 4. The summed E-state index contributed by atoms with van der Waals surface area (Å²) in [6.07, 6.45) is 2.63. The minimum atomic E-state index is -0.541. The fourth-order valence-electron chi connectivity index (χ4n) is 3.51. The Morgan fingerprint density at radius 1 is 1.20 bits per heavy atom. The predicted octanol–water partition coefficient (Wildman–Crippen LogP) is 3.22. The predicted molar refractivity (Wildman–Crippen MR) is 99.1 cm³/mol. The Kier molecular flexibility index (Phi) is 5.95. The highest BCUT2D eigenvalue weighted by Gasteiger charge is 2.19. The van der Waals surface area contributed by atoms with E-state index in [9.17, 15) is 10.2 Å². The van der Waals surface area contributed by atoms with Crippen LogP contribution in [0.4, 0.5) is 0 Å². The summed E-state index contributed by atoms with van der Waals surface area (Å²) >= 11 is 0. The van der Waals surface area contributed by atoms with Crippen molar-refractivity contribution in [3.05, 3.63) is 59.2 Å². The summed E-state index contributed by atoms with van der Waals surface area (Å²) in [4.78, 5) is 0. The van der Waals surface area contributed by atoms with Gasteiger partial charge in [0.2, 0.25) is 0 Å². The van der Waals surface area contributed by atoms with Crippen LogP contribution in [0.15, 0.2) is 42.5 Å². The Balaban J connectivity index is 1.49. The fraction of sp³-hybridized carbons (Fsp3) is 0.429. The average Bonchev–Trinajstić information content (AvgIpc) is 2.62. The summed E-state index contributed by atoms with van der Waals surface area (Å²) in [6.45, 7) is 3.97. The molecule has 2 aromatic rings. The van der Waals surface area contributed by atoms with Crippen molar-refractivity contribution in [1.29, 1.82) is 0 Å². The number of ether oxygens (including phenoxy) is 1. The Labute approximate surface area is 149 Å². The molecule has 2 aromatic carbocycles. The third kappa shape index (κ3) is 4.74. The second-order valence-electron chi connectivity index (χ2n) is 6.74. The molecule has 3 N–H and O–H groups in total. The maximum absolute atomic E-state index is 10.4. The lowest BCUT2D eigenvalue weighted by atomic mass is 9.84. The number of benzene rings is 2. The molecule has 0 saturated carbocycles. The minimum Gasteiger partial charge on any atom is -0.508 e. The van der Waals surface area contributed by atoms with Crippen molar-refractivity contribution in [2.75, 3.05) is 19.7 Å². The molecular weight excluding hydrogens is 314 g/mol. The van der Waals surface area contributed by atoms with Gasteiger partial charge in [-0.2, -0.15) is 0 Å². The molecule has 0 aromatic heterocycles. The Hall–Kier alpha value is -2.04. The van der Waals surface area contributed by atoms with E-state index in [-0.39, 0.29) is 0 Å². The van der Waals surface area contributed by atoms with Crippen LogP contribution in [0.5, 0.6) is 11.5 Å². The summed E-state index contributed by atoms with van der Waals surface area (Å²) in [5.41, 5.74) is 3.47. The summed E-state index contributed by atoms with van der Waals surface area (Å²) < 4.78 is 5.49. The molecule has 3 rings (SSSR count). The lowest BCUT2D eigenvalue weighted by molar-refractivity contribution is 0.171. The van der Waals surface area contributed by atoms with Crippen LogP contribution >= 0.6 is 0 Å². The first-order chi connectivity index (χ1) is 12.2. The van der Waals surface area contributed by atoms with Gasteiger partial charge >= 0.3 is 0 Å². The molecule has 0 bridgehead atoms. The van der Waals surface area contributed by atoms with Crippen LogP contribution in [-0.2, 0) is 12.8 Å². The van der Waals surface area contributed by atoms with Crippen LogP contribution in [0, 0.1) is 5.92 Å². The first-order valence-corrected chi connectivity index (χ1v) is 9.08. The molecule has 2 unspecified atom stereocenters. The highest BCUT2D eigenvalue weighted by atomic mass is 16.5. The Morgan fingerprint density at radius 3 is 2.92 bits per heavy atom. The number of hydrogen-bond donors (Lipinski definition) is 3. The second kappa shape index (κ2) is 8.37. The maximum atomic E-state index is 10.4. The SMILES string of the molecule is CCOc1cccc(C(O)CNCC2CCc3ccc(O)cc3C2)c1. The lowest BCUT2D eigenvalue weighted by Gasteiger charge is -2.25. The van der Waals surface area contributed by atoms with Crippen LogP contribution in [0.1, 0.15) is 36.1 Å². The third-order valence-electron chi connectivity index (χ3n) is 4.84. The molecule has 1 aliphatic carbocycles. The quantitative estimate of drug-likeness (QED) is 0.724. The normalized spacial score (nSPS) is 17.8. The first-order valence-electron chi connectivity index (χ1n) is 9.08. The van der Waals surface area contributed by atoms with Gasteiger partial charge < -0.3 is 20.3 Å². The number of phenolic OH excluding ortho intramolecular Hbond substituents is 1. The van der Waals surface area contributed by atoms with E-state index >= 15 is 0 Å². The molecule has 0 radical (unpaired) electrons. The molecule has 0 saturated heterocycles. The number of rotatable bonds is 7. The summed E-state index contributed by atoms with van der Waals surface area (Å²) in [7, 11) is 0. The van der Waals surface area contributed by atoms with E-state index < -0.39 is 6.10 Å². The Morgan fingerprint density at radius 2 is 2.08 bits per heavy atom. The van der Waals surface area contributed by atoms with E-state index in [0.717, 1.165) is 37.1 Å². The fourth-order valence-corrected chi connectivity index (χ4v) is 3.51. The van der Waals surface area contributed by atoms with E-state index in [0.29, 0.717) is 24.8 Å². The number of aryl methyl sites for hydroxylation is 1. The van der Waals surface area contributed by atoms with Crippen LogP contribution in [-0.4, -0.2) is 29.9 Å². The van der Waals surface area contributed by atoms with Gasteiger partial charge in [0.15, 0.2) is 0 Å². The number of aromatic hydroxyl groups is 1. The Bertz CT molecular complexity index is 701. The molecule has 1 aliphatic rings.